The van der Waals surface area contributed by atoms with Gasteiger partial charge in [0, 0.05) is 13.1 Å². The molecule has 3 rings (SSSR count). The monoisotopic (exact) mass is 306 g/mol. The minimum Gasteiger partial charge on any atom is -0.481 e. The van der Waals surface area contributed by atoms with Crippen LogP contribution in [-0.2, 0) is 4.79 Å². The molecule has 0 spiro atoms. The van der Waals surface area contributed by atoms with Crippen LogP contribution >= 0.6 is 11.3 Å². The smallest absolute Gasteiger partial charge is 0.308 e. The van der Waals surface area contributed by atoms with Gasteiger partial charge >= 0.3 is 5.97 Å². The Morgan fingerprint density at radius 1 is 1.48 bits per heavy atom. The Labute approximate surface area is 125 Å². The van der Waals surface area contributed by atoms with Gasteiger partial charge in [-0.3, -0.25) is 9.59 Å². The first kappa shape index (κ1) is 13.8. The number of thiophene rings is 1. The number of oxazole rings is 1. The van der Waals surface area contributed by atoms with Crippen LogP contribution < -0.4 is 0 Å². The zero-order chi connectivity index (χ0) is 14.8. The summed E-state index contributed by atoms with van der Waals surface area (Å²) in [6, 6.07) is 3.73. The van der Waals surface area contributed by atoms with Crippen molar-refractivity contribution in [2.45, 2.75) is 12.8 Å². The number of carbonyl (C=O) groups excluding carboxylic acids is 1. The van der Waals surface area contributed by atoms with E-state index < -0.39 is 11.9 Å². The van der Waals surface area contributed by atoms with Crippen LogP contribution in [-0.4, -0.2) is 40.0 Å². The second kappa shape index (κ2) is 5.69. The minimum absolute atomic E-state index is 0.227. The summed E-state index contributed by atoms with van der Waals surface area (Å²) >= 11 is 1.47. The first-order valence-corrected chi connectivity index (χ1v) is 7.54. The quantitative estimate of drug-likeness (QED) is 0.941. The third-order valence-corrected chi connectivity index (χ3v) is 4.44. The Hall–Kier alpha value is -2.15. The maximum absolute atomic E-state index is 12.6. The lowest BCUT2D eigenvalue weighted by molar-refractivity contribution is -0.143. The van der Waals surface area contributed by atoms with Gasteiger partial charge in [-0.25, -0.2) is 4.98 Å². The number of carbonyl (C=O) groups is 2. The number of aliphatic carboxylic acids is 1. The Kier molecular flexibility index (Phi) is 3.74. The van der Waals surface area contributed by atoms with Gasteiger partial charge in [0.15, 0.2) is 17.8 Å². The molecule has 1 amide bonds. The largest absolute Gasteiger partial charge is 0.481 e. The maximum Gasteiger partial charge on any atom is 0.308 e. The van der Waals surface area contributed by atoms with Gasteiger partial charge in [0.25, 0.3) is 5.91 Å². The standard InChI is InChI=1S/C14H14N2O4S/c17-13(16-5-1-3-9(7-16)14(18)19)11-12(20-8-15-11)10-4-2-6-21-10/h2,4,6,8-9H,1,3,5,7H2,(H,18,19). The normalized spacial score (nSPS) is 18.7. The first-order valence-electron chi connectivity index (χ1n) is 6.66. The molecule has 7 heteroatoms. The predicted octanol–water partition coefficient (Wildman–Crippen LogP) is 2.34. The number of aromatic nitrogens is 1. The summed E-state index contributed by atoms with van der Waals surface area (Å²) in [5.41, 5.74) is 0.253. The van der Waals surface area contributed by atoms with Gasteiger partial charge in [-0.2, -0.15) is 0 Å². The zero-order valence-electron chi connectivity index (χ0n) is 11.2. The molecule has 1 N–H and O–H groups in total. The van der Waals surface area contributed by atoms with Crippen molar-refractivity contribution < 1.29 is 19.1 Å². The number of hydrogen-bond acceptors (Lipinski definition) is 5. The van der Waals surface area contributed by atoms with Gasteiger partial charge in [0.2, 0.25) is 0 Å². The molecule has 1 aliphatic rings. The number of carboxylic acids is 1. The fraction of sp³-hybridized carbons (Fsp3) is 0.357. The second-order valence-corrected chi connectivity index (χ2v) is 5.88. The SMILES string of the molecule is O=C(O)C1CCCN(C(=O)c2ncoc2-c2cccs2)C1. The highest BCUT2D eigenvalue weighted by Crippen LogP contribution is 2.29. The van der Waals surface area contributed by atoms with Crippen molar-refractivity contribution in [1.82, 2.24) is 9.88 Å². The molecular formula is C14H14N2O4S. The molecule has 0 saturated carbocycles. The number of hydrogen-bond donors (Lipinski definition) is 1. The van der Waals surface area contributed by atoms with Crippen molar-refractivity contribution in [1.29, 1.82) is 0 Å². The van der Waals surface area contributed by atoms with Gasteiger partial charge in [0.1, 0.15) is 0 Å². The molecule has 1 unspecified atom stereocenters. The van der Waals surface area contributed by atoms with Crippen molar-refractivity contribution in [3.05, 3.63) is 29.6 Å². The molecule has 110 valence electrons. The molecule has 1 aliphatic heterocycles. The Bertz CT molecular complexity index is 650. The highest BCUT2D eigenvalue weighted by atomic mass is 32.1. The molecule has 1 saturated heterocycles. The fourth-order valence-corrected chi connectivity index (χ4v) is 3.21. The molecule has 2 aromatic heterocycles. The average molecular weight is 306 g/mol. The lowest BCUT2D eigenvalue weighted by Crippen LogP contribution is -2.42. The third-order valence-electron chi connectivity index (χ3n) is 3.57. The van der Waals surface area contributed by atoms with Crippen LogP contribution in [0, 0.1) is 5.92 Å². The highest BCUT2D eigenvalue weighted by molar-refractivity contribution is 7.13. The van der Waals surface area contributed by atoms with E-state index in [0.29, 0.717) is 25.1 Å². The van der Waals surface area contributed by atoms with E-state index in [4.69, 9.17) is 9.52 Å². The summed E-state index contributed by atoms with van der Waals surface area (Å²) in [4.78, 5) is 30.1. The molecule has 2 aromatic rings. The molecule has 6 nitrogen and oxygen atoms in total. The van der Waals surface area contributed by atoms with Crippen molar-refractivity contribution in [2.24, 2.45) is 5.92 Å². The number of likely N-dealkylation sites (tertiary alicyclic amines) is 1. The van der Waals surface area contributed by atoms with Gasteiger partial charge in [-0.05, 0) is 24.3 Å². The molecule has 0 aliphatic carbocycles. The maximum atomic E-state index is 12.6. The Morgan fingerprint density at radius 3 is 3.05 bits per heavy atom. The van der Waals surface area contributed by atoms with Crippen LogP contribution in [0.4, 0.5) is 0 Å². The number of carboxylic acid groups (broad SMARTS) is 1. The Balaban J connectivity index is 1.83. The molecule has 0 aromatic carbocycles. The third kappa shape index (κ3) is 2.69. The van der Waals surface area contributed by atoms with Gasteiger partial charge in [-0.1, -0.05) is 6.07 Å². The van der Waals surface area contributed by atoms with E-state index >= 15 is 0 Å². The first-order chi connectivity index (χ1) is 10.2. The van der Waals surface area contributed by atoms with E-state index in [2.05, 4.69) is 4.98 Å². The summed E-state index contributed by atoms with van der Waals surface area (Å²) in [7, 11) is 0. The summed E-state index contributed by atoms with van der Waals surface area (Å²) < 4.78 is 5.33. The molecule has 0 radical (unpaired) electrons. The van der Waals surface area contributed by atoms with Crippen LogP contribution in [0.2, 0.25) is 0 Å². The predicted molar refractivity (Wildman–Crippen MR) is 76.1 cm³/mol. The van der Waals surface area contributed by atoms with Crippen molar-refractivity contribution in [3.63, 3.8) is 0 Å². The lowest BCUT2D eigenvalue weighted by atomic mass is 9.98. The number of piperidine rings is 1. The van der Waals surface area contributed by atoms with E-state index in [0.717, 1.165) is 4.88 Å². The fourth-order valence-electron chi connectivity index (χ4n) is 2.49. The van der Waals surface area contributed by atoms with Gasteiger partial charge in [-0.15, -0.1) is 11.3 Å². The molecule has 21 heavy (non-hydrogen) atoms. The Morgan fingerprint density at radius 2 is 2.33 bits per heavy atom. The molecule has 1 fully saturated rings. The van der Waals surface area contributed by atoms with Gasteiger partial charge < -0.3 is 14.4 Å². The summed E-state index contributed by atoms with van der Waals surface area (Å²) in [6.07, 6.45) is 2.55. The molecular weight excluding hydrogens is 292 g/mol. The van der Waals surface area contributed by atoms with Crippen molar-refractivity contribution >= 4 is 23.2 Å². The zero-order valence-corrected chi connectivity index (χ0v) is 12.0. The molecule has 1 atom stereocenters. The number of nitrogens with zero attached hydrogens (tertiary/aromatic N) is 2. The molecule has 0 bridgehead atoms. The summed E-state index contributed by atoms with van der Waals surface area (Å²) in [6.45, 7) is 0.782. The highest BCUT2D eigenvalue weighted by Gasteiger charge is 2.31. The average Bonchev–Trinajstić information content (AvgIpc) is 3.17. The topological polar surface area (TPSA) is 83.6 Å². The number of amides is 1. The van der Waals surface area contributed by atoms with E-state index in [-0.39, 0.29) is 18.1 Å². The van der Waals surface area contributed by atoms with Crippen LogP contribution in [0.5, 0.6) is 0 Å². The van der Waals surface area contributed by atoms with E-state index in [1.807, 2.05) is 17.5 Å². The van der Waals surface area contributed by atoms with Crippen LogP contribution in [0.1, 0.15) is 23.3 Å². The second-order valence-electron chi connectivity index (χ2n) is 4.94. The summed E-state index contributed by atoms with van der Waals surface area (Å²) in [5, 5.41) is 11.0. The van der Waals surface area contributed by atoms with Crippen molar-refractivity contribution in [2.75, 3.05) is 13.1 Å². The minimum atomic E-state index is -0.855. The van der Waals surface area contributed by atoms with E-state index in [1.54, 1.807) is 4.90 Å². The van der Waals surface area contributed by atoms with E-state index in [1.165, 1.54) is 17.7 Å². The van der Waals surface area contributed by atoms with E-state index in [9.17, 15) is 9.59 Å². The van der Waals surface area contributed by atoms with Crippen LogP contribution in [0.15, 0.2) is 28.3 Å². The molecule has 3 heterocycles. The van der Waals surface area contributed by atoms with Gasteiger partial charge in [0.05, 0.1) is 10.8 Å². The lowest BCUT2D eigenvalue weighted by Gasteiger charge is -2.30. The summed E-state index contributed by atoms with van der Waals surface area (Å²) in [5.74, 6) is -1.17. The van der Waals surface area contributed by atoms with Crippen LogP contribution in [0.25, 0.3) is 10.6 Å². The number of rotatable bonds is 3. The van der Waals surface area contributed by atoms with Crippen LogP contribution in [0.3, 0.4) is 0 Å². The van der Waals surface area contributed by atoms with Crippen molar-refractivity contribution in [3.8, 4) is 10.6 Å².